The molecule has 1 saturated heterocycles. The number of fused-ring (bicyclic) bond motifs is 3. The molecule has 0 bridgehead atoms. The summed E-state index contributed by atoms with van der Waals surface area (Å²) in [6, 6.07) is 0. The third-order valence-corrected chi connectivity index (χ3v) is 5.80. The number of hydrogen-bond donors (Lipinski definition) is 1. The molecule has 0 aromatic heterocycles. The Kier molecular flexibility index (Phi) is 3.59. The van der Waals surface area contributed by atoms with Gasteiger partial charge in [-0.1, -0.05) is 19.4 Å². The highest BCUT2D eigenvalue weighted by molar-refractivity contribution is 5.76. The zero-order chi connectivity index (χ0) is 16.2. The summed E-state index contributed by atoms with van der Waals surface area (Å²) in [5.41, 5.74) is 1.76. The number of aliphatic hydroxyl groups excluding tert-OH is 1. The molecule has 1 aliphatic heterocycles. The first-order valence-corrected chi connectivity index (χ1v) is 8.01. The molecule has 1 heterocycles. The van der Waals surface area contributed by atoms with Crippen molar-refractivity contribution in [1.82, 2.24) is 0 Å². The van der Waals surface area contributed by atoms with Gasteiger partial charge in [-0.25, -0.2) is 0 Å². The lowest BCUT2D eigenvalue weighted by molar-refractivity contribution is -0.158. The van der Waals surface area contributed by atoms with Crippen LogP contribution in [0, 0.1) is 17.3 Å². The van der Waals surface area contributed by atoms with Crippen molar-refractivity contribution in [2.24, 2.45) is 17.3 Å². The smallest absolute Gasteiger partial charge is 0.309 e. The number of rotatable bonds is 1. The first kappa shape index (κ1) is 15.5. The number of hydrogen-bond acceptors (Lipinski definition) is 5. The van der Waals surface area contributed by atoms with Gasteiger partial charge in [-0.3, -0.25) is 9.59 Å². The van der Waals surface area contributed by atoms with E-state index in [4.69, 9.17) is 9.47 Å². The molecule has 122 valence electrons. The molecule has 0 aromatic rings. The van der Waals surface area contributed by atoms with Crippen LogP contribution in [-0.2, 0) is 19.1 Å². The molecule has 2 fully saturated rings. The van der Waals surface area contributed by atoms with Gasteiger partial charge in [0.1, 0.15) is 12.2 Å². The zero-order valence-corrected chi connectivity index (χ0v) is 13.6. The molecule has 2 aliphatic carbocycles. The van der Waals surface area contributed by atoms with Gasteiger partial charge < -0.3 is 14.6 Å². The highest BCUT2D eigenvalue weighted by Crippen LogP contribution is 2.56. The van der Waals surface area contributed by atoms with Crippen molar-refractivity contribution in [2.45, 2.75) is 65.3 Å². The van der Waals surface area contributed by atoms with Crippen LogP contribution in [0.25, 0.3) is 0 Å². The van der Waals surface area contributed by atoms with Crippen LogP contribution in [0.15, 0.2) is 11.1 Å². The second-order valence-electron chi connectivity index (χ2n) is 7.24. The topological polar surface area (TPSA) is 72.8 Å². The van der Waals surface area contributed by atoms with E-state index >= 15 is 0 Å². The van der Waals surface area contributed by atoms with Gasteiger partial charge in [0.2, 0.25) is 0 Å². The SMILES string of the molecule is CC(=O)O[C@@H]1C[C@]2(C)C(=C(C)CC[C@H]2O)[C@H]2OC(=O)[C@@H](C)[C@@H]21. The maximum atomic E-state index is 12.1. The van der Waals surface area contributed by atoms with Gasteiger partial charge in [0.15, 0.2) is 0 Å². The minimum atomic E-state index is -0.500. The molecule has 6 atom stereocenters. The van der Waals surface area contributed by atoms with E-state index in [1.165, 1.54) is 12.5 Å². The van der Waals surface area contributed by atoms with Gasteiger partial charge in [-0.2, -0.15) is 0 Å². The Morgan fingerprint density at radius 2 is 2.14 bits per heavy atom. The fraction of sp³-hybridized carbons (Fsp3) is 0.765. The van der Waals surface area contributed by atoms with Crippen molar-refractivity contribution in [3.05, 3.63) is 11.1 Å². The lowest BCUT2D eigenvalue weighted by Crippen LogP contribution is -2.53. The minimum absolute atomic E-state index is 0.153. The van der Waals surface area contributed by atoms with E-state index in [0.717, 1.165) is 12.0 Å². The van der Waals surface area contributed by atoms with Gasteiger partial charge in [0, 0.05) is 12.3 Å². The van der Waals surface area contributed by atoms with Crippen molar-refractivity contribution in [3.63, 3.8) is 0 Å². The van der Waals surface area contributed by atoms with Crippen molar-refractivity contribution < 1.29 is 24.2 Å². The molecule has 0 radical (unpaired) electrons. The lowest BCUT2D eigenvalue weighted by Gasteiger charge is -2.51. The predicted octanol–water partition coefficient (Wildman–Crippen LogP) is 1.98. The Hall–Kier alpha value is -1.36. The summed E-state index contributed by atoms with van der Waals surface area (Å²) >= 11 is 0. The Labute approximate surface area is 130 Å². The predicted molar refractivity (Wildman–Crippen MR) is 78.8 cm³/mol. The van der Waals surface area contributed by atoms with E-state index in [-0.39, 0.29) is 29.9 Å². The Balaban J connectivity index is 2.08. The summed E-state index contributed by atoms with van der Waals surface area (Å²) < 4.78 is 11.2. The van der Waals surface area contributed by atoms with Crippen molar-refractivity contribution in [2.75, 3.05) is 0 Å². The second-order valence-corrected chi connectivity index (χ2v) is 7.24. The summed E-state index contributed by atoms with van der Waals surface area (Å²) in [5, 5.41) is 10.6. The first-order chi connectivity index (χ1) is 10.3. The molecule has 0 spiro atoms. The molecular weight excluding hydrogens is 284 g/mol. The molecule has 22 heavy (non-hydrogen) atoms. The number of ether oxygens (including phenoxy) is 2. The highest BCUT2D eigenvalue weighted by Gasteiger charge is 2.60. The van der Waals surface area contributed by atoms with E-state index in [2.05, 4.69) is 6.92 Å². The van der Waals surface area contributed by atoms with Crippen LogP contribution in [0.4, 0.5) is 0 Å². The molecule has 1 N–H and O–H groups in total. The molecule has 5 nitrogen and oxygen atoms in total. The minimum Gasteiger partial charge on any atom is -0.462 e. The van der Waals surface area contributed by atoms with Crippen molar-refractivity contribution >= 4 is 11.9 Å². The molecule has 5 heteroatoms. The van der Waals surface area contributed by atoms with Gasteiger partial charge in [0.25, 0.3) is 0 Å². The Morgan fingerprint density at radius 3 is 2.77 bits per heavy atom. The van der Waals surface area contributed by atoms with Crippen LogP contribution in [0.5, 0.6) is 0 Å². The van der Waals surface area contributed by atoms with E-state index in [1.54, 1.807) is 0 Å². The third kappa shape index (κ3) is 2.09. The normalized spacial score (nSPS) is 44.2. The zero-order valence-electron chi connectivity index (χ0n) is 13.6. The van der Waals surface area contributed by atoms with Gasteiger partial charge in [-0.05, 0) is 31.8 Å². The largest absolute Gasteiger partial charge is 0.462 e. The highest BCUT2D eigenvalue weighted by atomic mass is 16.6. The van der Waals surface area contributed by atoms with E-state index in [9.17, 15) is 14.7 Å². The van der Waals surface area contributed by atoms with E-state index in [0.29, 0.717) is 12.8 Å². The van der Waals surface area contributed by atoms with Gasteiger partial charge in [-0.15, -0.1) is 0 Å². The fourth-order valence-electron chi connectivity index (χ4n) is 4.67. The monoisotopic (exact) mass is 308 g/mol. The van der Waals surface area contributed by atoms with Crippen LogP contribution in [0.2, 0.25) is 0 Å². The summed E-state index contributed by atoms with van der Waals surface area (Å²) in [7, 11) is 0. The van der Waals surface area contributed by atoms with Crippen LogP contribution in [-0.4, -0.2) is 35.4 Å². The molecule has 3 rings (SSSR count). The lowest BCUT2D eigenvalue weighted by atomic mass is 9.57. The number of aliphatic hydroxyl groups is 1. The molecule has 0 amide bonds. The van der Waals surface area contributed by atoms with Crippen LogP contribution in [0.3, 0.4) is 0 Å². The molecular formula is C17H24O5. The molecule has 1 saturated carbocycles. The number of esters is 2. The summed E-state index contributed by atoms with van der Waals surface area (Å²) in [5.74, 6) is -1.04. The average molecular weight is 308 g/mol. The maximum Gasteiger partial charge on any atom is 0.309 e. The standard InChI is InChI=1S/C17H24O5/c1-8-5-6-12(19)17(4)7-11(21-10(3)18)13-9(2)16(20)22-15(13)14(8)17/h9,11-13,15,19H,5-7H2,1-4H3/t9-,11+,12+,13+,15-,17-/m0/s1. The van der Waals surface area contributed by atoms with Crippen molar-refractivity contribution in [3.8, 4) is 0 Å². The first-order valence-electron chi connectivity index (χ1n) is 8.01. The third-order valence-electron chi connectivity index (χ3n) is 5.80. The van der Waals surface area contributed by atoms with Crippen LogP contribution in [0.1, 0.15) is 47.0 Å². The number of carbonyl (C=O) groups is 2. The summed E-state index contributed by atoms with van der Waals surface area (Å²) in [4.78, 5) is 23.6. The summed E-state index contributed by atoms with van der Waals surface area (Å²) in [6.07, 6.45) is 0.792. The second kappa shape index (κ2) is 5.08. The summed E-state index contributed by atoms with van der Waals surface area (Å²) in [6.45, 7) is 7.27. The Bertz CT molecular complexity index is 551. The van der Waals surface area contributed by atoms with Crippen molar-refractivity contribution in [1.29, 1.82) is 0 Å². The average Bonchev–Trinajstić information content (AvgIpc) is 2.70. The fourth-order valence-corrected chi connectivity index (χ4v) is 4.67. The van der Waals surface area contributed by atoms with Gasteiger partial charge >= 0.3 is 11.9 Å². The Morgan fingerprint density at radius 1 is 1.45 bits per heavy atom. The number of allylic oxidation sites excluding steroid dienone is 1. The molecule has 3 aliphatic rings. The quantitative estimate of drug-likeness (QED) is 0.592. The number of carbonyl (C=O) groups excluding carboxylic acids is 2. The molecule has 0 aromatic carbocycles. The van der Waals surface area contributed by atoms with E-state index < -0.39 is 17.6 Å². The van der Waals surface area contributed by atoms with Gasteiger partial charge in [0.05, 0.1) is 17.9 Å². The maximum absolute atomic E-state index is 12.1. The van der Waals surface area contributed by atoms with Crippen LogP contribution >= 0.6 is 0 Å². The van der Waals surface area contributed by atoms with E-state index in [1.807, 2.05) is 13.8 Å². The molecule has 0 unspecified atom stereocenters. The van der Waals surface area contributed by atoms with Crippen LogP contribution < -0.4 is 0 Å².